The van der Waals surface area contributed by atoms with Crippen molar-refractivity contribution in [3.63, 3.8) is 0 Å². The van der Waals surface area contributed by atoms with Gasteiger partial charge in [0.05, 0.1) is 32.8 Å². The van der Waals surface area contributed by atoms with Gasteiger partial charge in [0.25, 0.3) is 17.2 Å². The van der Waals surface area contributed by atoms with Crippen LogP contribution in [0.25, 0.3) is 28.2 Å². The number of hydrogen-bond acceptors (Lipinski definition) is 5. The van der Waals surface area contributed by atoms with Gasteiger partial charge in [0.1, 0.15) is 5.82 Å². The van der Waals surface area contributed by atoms with E-state index in [1.165, 1.54) is 28.8 Å². The summed E-state index contributed by atoms with van der Waals surface area (Å²) in [4.78, 5) is 43.8. The molecule has 0 atom stereocenters. The van der Waals surface area contributed by atoms with Crippen molar-refractivity contribution < 1.29 is 9.72 Å². The zero-order chi connectivity index (χ0) is 24.0. The number of amides is 1. The number of nitro benzene ring substituents is 1. The Hall–Kier alpha value is -3.86. The number of non-ortho nitro benzene ring substituents is 1. The quantitative estimate of drug-likeness (QED) is 0.154. The Morgan fingerprint density at radius 2 is 1.79 bits per heavy atom. The third-order valence-electron chi connectivity index (χ3n) is 5.73. The Bertz CT molecular complexity index is 1570. The summed E-state index contributed by atoms with van der Waals surface area (Å²) >= 11 is 2.13. The molecular formula is C25H17IN4O4. The topological polar surface area (TPSA) is 98.3 Å². The highest BCUT2D eigenvalue weighted by Crippen LogP contribution is 2.37. The average molecular weight is 564 g/mol. The van der Waals surface area contributed by atoms with Crippen LogP contribution in [0.15, 0.2) is 71.5 Å². The Morgan fingerprint density at radius 1 is 1.06 bits per heavy atom. The molecule has 0 unspecified atom stereocenters. The lowest BCUT2D eigenvalue weighted by molar-refractivity contribution is -0.384. The largest absolute Gasteiger partial charge is 0.308 e. The van der Waals surface area contributed by atoms with Crippen molar-refractivity contribution in [3.8, 4) is 5.69 Å². The molecule has 0 fully saturated rings. The van der Waals surface area contributed by atoms with Crippen molar-refractivity contribution in [1.29, 1.82) is 0 Å². The predicted octanol–water partition coefficient (Wildman–Crippen LogP) is 4.81. The molecule has 9 heteroatoms. The monoisotopic (exact) mass is 564 g/mol. The molecule has 0 spiro atoms. The van der Waals surface area contributed by atoms with E-state index in [4.69, 9.17) is 4.98 Å². The molecule has 0 bridgehead atoms. The van der Waals surface area contributed by atoms with Gasteiger partial charge >= 0.3 is 0 Å². The van der Waals surface area contributed by atoms with Crippen LogP contribution in [0.4, 0.5) is 11.4 Å². The van der Waals surface area contributed by atoms with E-state index in [1.54, 1.807) is 23.1 Å². The van der Waals surface area contributed by atoms with Gasteiger partial charge in [-0.25, -0.2) is 4.98 Å². The Labute approximate surface area is 207 Å². The van der Waals surface area contributed by atoms with Gasteiger partial charge in [-0.2, -0.15) is 0 Å². The van der Waals surface area contributed by atoms with E-state index in [9.17, 15) is 19.7 Å². The molecule has 4 aromatic rings. The van der Waals surface area contributed by atoms with Crippen molar-refractivity contribution in [2.75, 3.05) is 11.4 Å². The van der Waals surface area contributed by atoms with Crippen LogP contribution in [0.3, 0.4) is 0 Å². The van der Waals surface area contributed by atoms with Crippen LogP contribution in [0, 0.1) is 13.7 Å². The molecule has 0 saturated heterocycles. The summed E-state index contributed by atoms with van der Waals surface area (Å²) in [6.45, 7) is 2.41. The van der Waals surface area contributed by atoms with Gasteiger partial charge in [0.15, 0.2) is 0 Å². The molecular weight excluding hydrogens is 547 g/mol. The van der Waals surface area contributed by atoms with E-state index >= 15 is 0 Å². The molecule has 8 nitrogen and oxygen atoms in total. The van der Waals surface area contributed by atoms with Crippen LogP contribution in [-0.4, -0.2) is 26.9 Å². The Kier molecular flexibility index (Phi) is 5.48. The number of benzene rings is 3. The number of fused-ring (bicyclic) bond motifs is 2. The molecule has 1 amide bonds. The summed E-state index contributed by atoms with van der Waals surface area (Å²) in [6.07, 6.45) is 1.62. The van der Waals surface area contributed by atoms with Gasteiger partial charge in [-0.05, 0) is 72.0 Å². The maximum absolute atomic E-state index is 13.6. The smallest absolute Gasteiger partial charge is 0.269 e. The van der Waals surface area contributed by atoms with Crippen LogP contribution in [0.1, 0.15) is 18.3 Å². The van der Waals surface area contributed by atoms with Crippen molar-refractivity contribution in [3.05, 3.63) is 102 Å². The van der Waals surface area contributed by atoms with Crippen LogP contribution in [-0.2, 0) is 4.79 Å². The van der Waals surface area contributed by atoms with Crippen LogP contribution < -0.4 is 10.5 Å². The highest BCUT2D eigenvalue weighted by Gasteiger charge is 2.31. The average Bonchev–Trinajstić information content (AvgIpc) is 3.10. The first-order valence-electron chi connectivity index (χ1n) is 10.5. The zero-order valence-electron chi connectivity index (χ0n) is 17.9. The molecule has 2 heterocycles. The van der Waals surface area contributed by atoms with Gasteiger partial charge in [-0.3, -0.25) is 24.3 Å². The maximum Gasteiger partial charge on any atom is 0.269 e. The maximum atomic E-state index is 13.6. The summed E-state index contributed by atoms with van der Waals surface area (Å²) in [7, 11) is 0. The van der Waals surface area contributed by atoms with Crippen LogP contribution in [0.2, 0.25) is 0 Å². The molecule has 0 radical (unpaired) electrons. The van der Waals surface area contributed by atoms with Gasteiger partial charge in [-0.15, -0.1) is 0 Å². The molecule has 5 rings (SSSR count). The van der Waals surface area contributed by atoms with Gasteiger partial charge in [0, 0.05) is 27.8 Å². The first-order chi connectivity index (χ1) is 16.4. The lowest BCUT2D eigenvalue weighted by Gasteiger charge is -2.14. The number of para-hydroxylation sites is 1. The fourth-order valence-electron chi connectivity index (χ4n) is 4.13. The molecule has 1 aliphatic heterocycles. The molecule has 1 aromatic heterocycles. The summed E-state index contributed by atoms with van der Waals surface area (Å²) < 4.78 is 2.27. The second-order valence-electron chi connectivity index (χ2n) is 7.67. The molecule has 1 aliphatic rings. The number of carbonyl (C=O) groups is 1. The fraction of sp³-hybridized carbons (Fsp3) is 0.0800. The molecule has 3 aromatic carbocycles. The predicted molar refractivity (Wildman–Crippen MR) is 139 cm³/mol. The number of halogens is 1. The number of anilines is 1. The third kappa shape index (κ3) is 3.58. The number of rotatable bonds is 4. The second kappa shape index (κ2) is 8.49. The number of carbonyl (C=O) groups excluding carboxylic acids is 1. The lowest BCUT2D eigenvalue weighted by atomic mass is 10.1. The van der Waals surface area contributed by atoms with Crippen molar-refractivity contribution in [1.82, 2.24) is 9.55 Å². The lowest BCUT2D eigenvalue weighted by Crippen LogP contribution is -2.26. The van der Waals surface area contributed by atoms with Crippen molar-refractivity contribution >= 4 is 62.4 Å². The molecule has 0 aliphatic carbocycles. The van der Waals surface area contributed by atoms with Gasteiger partial charge < -0.3 is 4.90 Å². The number of aromatic nitrogens is 2. The fourth-order valence-corrected chi connectivity index (χ4v) is 4.63. The minimum atomic E-state index is -0.496. The Morgan fingerprint density at radius 3 is 2.50 bits per heavy atom. The van der Waals surface area contributed by atoms with E-state index in [1.807, 2.05) is 37.3 Å². The minimum absolute atomic E-state index is 0.0847. The molecule has 34 heavy (non-hydrogen) atoms. The summed E-state index contributed by atoms with van der Waals surface area (Å²) in [6, 6.07) is 18.6. The van der Waals surface area contributed by atoms with E-state index in [0.29, 0.717) is 28.7 Å². The van der Waals surface area contributed by atoms with Crippen LogP contribution in [0.5, 0.6) is 0 Å². The summed E-state index contributed by atoms with van der Waals surface area (Å²) in [5, 5.41) is 11.5. The first kappa shape index (κ1) is 22.0. The number of likely N-dealkylation sites (N-methyl/N-ethyl adjacent to an activating group) is 1. The molecule has 0 N–H and O–H groups in total. The first-order valence-corrected chi connectivity index (χ1v) is 11.6. The van der Waals surface area contributed by atoms with Gasteiger partial charge in [-0.1, -0.05) is 18.2 Å². The minimum Gasteiger partial charge on any atom is -0.308 e. The van der Waals surface area contributed by atoms with Gasteiger partial charge in [0.2, 0.25) is 0 Å². The standard InChI is InChI=1S/C25H17IN4O4/c1-2-28-22-6-4-3-5-18(22)19(24(28)31)14-23-27-21-12-7-15(26)13-20(21)25(32)29(23)16-8-10-17(11-9-16)30(33)34/h3-14H,2H2,1H3. The number of nitrogens with zero attached hydrogens (tertiary/aromatic N) is 4. The summed E-state index contributed by atoms with van der Waals surface area (Å²) in [5.41, 5.74) is 2.52. The van der Waals surface area contributed by atoms with E-state index in [2.05, 4.69) is 22.6 Å². The van der Waals surface area contributed by atoms with Crippen molar-refractivity contribution in [2.24, 2.45) is 0 Å². The third-order valence-corrected chi connectivity index (χ3v) is 6.40. The number of nitro groups is 1. The summed E-state index contributed by atoms with van der Waals surface area (Å²) in [5.74, 6) is 0.0968. The van der Waals surface area contributed by atoms with E-state index in [-0.39, 0.29) is 23.0 Å². The molecule has 168 valence electrons. The highest BCUT2D eigenvalue weighted by molar-refractivity contribution is 14.1. The van der Waals surface area contributed by atoms with E-state index < -0.39 is 4.92 Å². The second-order valence-corrected chi connectivity index (χ2v) is 8.92. The normalized spacial score (nSPS) is 14.1. The van der Waals surface area contributed by atoms with E-state index in [0.717, 1.165) is 14.8 Å². The van der Waals surface area contributed by atoms with Crippen molar-refractivity contribution in [2.45, 2.75) is 6.92 Å². The highest BCUT2D eigenvalue weighted by atomic mass is 127. The van der Waals surface area contributed by atoms with Crippen LogP contribution >= 0.6 is 22.6 Å². The number of hydrogen-bond donors (Lipinski definition) is 0. The SMILES string of the molecule is CCN1C(=O)C(=Cc2nc3ccc(I)cc3c(=O)n2-c2ccc([N+](=O)[O-])cc2)c2ccccc21. The Balaban J connectivity index is 1.80. The molecule has 0 saturated carbocycles. The zero-order valence-corrected chi connectivity index (χ0v) is 20.1.